The predicted octanol–water partition coefficient (Wildman–Crippen LogP) is 4.27. The minimum absolute atomic E-state index is 0. The molecule has 9 heteroatoms. The molecule has 1 atom stereocenters. The Hall–Kier alpha value is -2.43. The number of carbonyl (C=O) groups excluding carboxylic acids is 1. The van der Waals surface area contributed by atoms with Crippen molar-refractivity contribution in [2.75, 3.05) is 30.4 Å². The number of guanidine groups is 1. The van der Waals surface area contributed by atoms with E-state index in [1.807, 2.05) is 36.1 Å². The molecule has 1 fully saturated rings. The molecule has 2 aromatic rings. The summed E-state index contributed by atoms with van der Waals surface area (Å²) in [5.41, 5.74) is 2.20. The van der Waals surface area contributed by atoms with Crippen molar-refractivity contribution in [2.45, 2.75) is 38.8 Å². The van der Waals surface area contributed by atoms with E-state index in [4.69, 9.17) is 0 Å². The molecule has 0 aromatic heterocycles. The van der Waals surface area contributed by atoms with Crippen LogP contribution >= 0.6 is 24.0 Å². The number of hydrogen-bond donors (Lipinski definition) is 3. The number of amides is 1. The van der Waals surface area contributed by atoms with Crippen LogP contribution in [0.5, 0.6) is 0 Å². The number of rotatable bonds is 7. The van der Waals surface area contributed by atoms with Crippen molar-refractivity contribution in [1.82, 2.24) is 10.6 Å². The molecule has 1 unspecified atom stereocenters. The average molecular weight is 557 g/mol. The first-order valence-electron chi connectivity index (χ1n) is 10.5. The first kappa shape index (κ1) is 25.8. The van der Waals surface area contributed by atoms with Crippen molar-refractivity contribution in [3.05, 3.63) is 59.7 Å². The van der Waals surface area contributed by atoms with E-state index in [1.165, 1.54) is 12.1 Å². The quantitative estimate of drug-likeness (QED) is 0.271. The number of aliphatic imine (C=N–C) groups is 1. The molecule has 0 spiro atoms. The van der Waals surface area contributed by atoms with Crippen LogP contribution in [0.2, 0.25) is 0 Å². The number of hydrogen-bond acceptors (Lipinski definition) is 3. The lowest BCUT2D eigenvalue weighted by atomic mass is 10.2. The van der Waals surface area contributed by atoms with Crippen LogP contribution in [-0.2, 0) is 11.3 Å². The zero-order valence-corrected chi connectivity index (χ0v) is 20.7. The van der Waals surface area contributed by atoms with Crippen LogP contribution in [0.25, 0.3) is 0 Å². The van der Waals surface area contributed by atoms with E-state index in [-0.39, 0.29) is 35.9 Å². The highest BCUT2D eigenvalue weighted by molar-refractivity contribution is 14.0. The summed E-state index contributed by atoms with van der Waals surface area (Å²) < 4.78 is 27.2. The number of carbonyl (C=O) groups is 1. The maximum Gasteiger partial charge on any atom is 0.224 e. The number of anilines is 2. The normalized spacial score (nSPS) is 15.8. The van der Waals surface area contributed by atoms with Crippen LogP contribution in [0.1, 0.15) is 31.7 Å². The zero-order valence-electron chi connectivity index (χ0n) is 18.3. The van der Waals surface area contributed by atoms with Crippen molar-refractivity contribution >= 4 is 47.2 Å². The van der Waals surface area contributed by atoms with Crippen molar-refractivity contribution < 1.29 is 13.6 Å². The van der Waals surface area contributed by atoms with Crippen LogP contribution in [0.4, 0.5) is 20.2 Å². The molecule has 3 rings (SSSR count). The fourth-order valence-electron chi connectivity index (χ4n) is 3.62. The van der Waals surface area contributed by atoms with Crippen molar-refractivity contribution in [2.24, 2.45) is 4.99 Å². The van der Waals surface area contributed by atoms with Crippen LogP contribution in [-0.4, -0.2) is 38.0 Å². The van der Waals surface area contributed by atoms with Gasteiger partial charge in [-0.15, -0.1) is 24.0 Å². The van der Waals surface area contributed by atoms with Gasteiger partial charge in [0.05, 0.1) is 5.69 Å². The van der Waals surface area contributed by atoms with Gasteiger partial charge in [0.25, 0.3) is 0 Å². The molecule has 1 aliphatic heterocycles. The summed E-state index contributed by atoms with van der Waals surface area (Å²) in [7, 11) is 1.70. The monoisotopic (exact) mass is 557 g/mol. The Balaban J connectivity index is 0.00000363. The number of halogens is 3. The van der Waals surface area contributed by atoms with Gasteiger partial charge in [0.2, 0.25) is 5.91 Å². The van der Waals surface area contributed by atoms with Crippen LogP contribution in [0.3, 0.4) is 0 Å². The third-order valence-corrected chi connectivity index (χ3v) is 5.15. The summed E-state index contributed by atoms with van der Waals surface area (Å²) in [5, 5.41) is 9.54. The van der Waals surface area contributed by atoms with Crippen molar-refractivity contribution in [3.63, 3.8) is 0 Å². The lowest BCUT2D eigenvalue weighted by molar-refractivity contribution is -0.116. The first-order valence-corrected chi connectivity index (χ1v) is 10.5. The van der Waals surface area contributed by atoms with Gasteiger partial charge in [-0.1, -0.05) is 19.1 Å². The summed E-state index contributed by atoms with van der Waals surface area (Å²) in [6.45, 7) is 3.79. The topological polar surface area (TPSA) is 68.8 Å². The fourth-order valence-corrected chi connectivity index (χ4v) is 3.62. The van der Waals surface area contributed by atoms with Gasteiger partial charge in [0.15, 0.2) is 5.96 Å². The smallest absolute Gasteiger partial charge is 0.224 e. The molecular weight excluding hydrogens is 527 g/mol. The van der Waals surface area contributed by atoms with Crippen molar-refractivity contribution in [3.8, 4) is 0 Å². The minimum atomic E-state index is -0.575. The maximum absolute atomic E-state index is 14.1. The van der Waals surface area contributed by atoms with E-state index in [0.29, 0.717) is 37.7 Å². The highest BCUT2D eigenvalue weighted by atomic mass is 127. The Labute approximate surface area is 204 Å². The molecule has 0 bridgehead atoms. The standard InChI is InChI=1S/C23H29F2N5O.HI/c1-3-5-22(31)28-18-7-4-6-16(12-18)14-27-23(26-2)29-19-10-11-30(15-19)21-9-8-17(24)13-20(21)25;/h4,6-9,12-13,19H,3,5,10-11,14-15H2,1-2H3,(H,28,31)(H2,26,27,29);1H. The molecule has 0 radical (unpaired) electrons. The largest absolute Gasteiger partial charge is 0.367 e. The summed E-state index contributed by atoms with van der Waals surface area (Å²) in [6, 6.07) is 11.4. The van der Waals surface area contributed by atoms with E-state index in [2.05, 4.69) is 20.9 Å². The Morgan fingerprint density at radius 3 is 2.75 bits per heavy atom. The number of nitrogens with zero attached hydrogens (tertiary/aromatic N) is 2. The van der Waals surface area contributed by atoms with Crippen LogP contribution < -0.4 is 20.9 Å². The molecule has 0 aliphatic carbocycles. The van der Waals surface area contributed by atoms with Crippen LogP contribution in [0.15, 0.2) is 47.5 Å². The van der Waals surface area contributed by atoms with E-state index in [9.17, 15) is 13.6 Å². The van der Waals surface area contributed by atoms with Gasteiger partial charge in [-0.3, -0.25) is 9.79 Å². The molecule has 1 heterocycles. The highest BCUT2D eigenvalue weighted by Gasteiger charge is 2.25. The second-order valence-electron chi connectivity index (χ2n) is 7.60. The molecule has 32 heavy (non-hydrogen) atoms. The van der Waals surface area contributed by atoms with Crippen LogP contribution in [0, 0.1) is 11.6 Å². The predicted molar refractivity (Wildman–Crippen MR) is 136 cm³/mol. The number of nitrogens with one attached hydrogen (secondary N) is 3. The molecule has 0 saturated carbocycles. The maximum atomic E-state index is 14.1. The Bertz CT molecular complexity index is 940. The minimum Gasteiger partial charge on any atom is -0.367 e. The van der Waals surface area contributed by atoms with Gasteiger partial charge in [-0.25, -0.2) is 8.78 Å². The van der Waals surface area contributed by atoms with E-state index in [1.54, 1.807) is 7.05 Å². The van der Waals surface area contributed by atoms with Gasteiger partial charge in [0.1, 0.15) is 11.6 Å². The summed E-state index contributed by atoms with van der Waals surface area (Å²) in [4.78, 5) is 18.0. The Morgan fingerprint density at radius 1 is 1.22 bits per heavy atom. The van der Waals surface area contributed by atoms with Gasteiger partial charge < -0.3 is 20.9 Å². The first-order chi connectivity index (χ1) is 15.0. The third kappa shape index (κ3) is 7.32. The van der Waals surface area contributed by atoms with Gasteiger partial charge in [-0.05, 0) is 42.7 Å². The van der Waals surface area contributed by atoms with E-state index >= 15 is 0 Å². The van der Waals surface area contributed by atoms with E-state index < -0.39 is 11.6 Å². The van der Waals surface area contributed by atoms with Gasteiger partial charge >= 0.3 is 0 Å². The molecule has 1 saturated heterocycles. The molecule has 1 amide bonds. The summed E-state index contributed by atoms with van der Waals surface area (Å²) in [6.07, 6.45) is 2.12. The molecule has 174 valence electrons. The molecule has 6 nitrogen and oxygen atoms in total. The zero-order chi connectivity index (χ0) is 22.2. The van der Waals surface area contributed by atoms with Gasteiger partial charge in [-0.2, -0.15) is 0 Å². The fraction of sp³-hybridized carbons (Fsp3) is 0.391. The number of benzene rings is 2. The molecule has 2 aromatic carbocycles. The Morgan fingerprint density at radius 2 is 2.03 bits per heavy atom. The highest BCUT2D eigenvalue weighted by Crippen LogP contribution is 2.24. The summed E-state index contributed by atoms with van der Waals surface area (Å²) in [5.74, 6) is -0.469. The third-order valence-electron chi connectivity index (χ3n) is 5.15. The molecular formula is C23H30F2IN5O. The Kier molecular flexibility index (Phi) is 10.1. The molecule has 1 aliphatic rings. The SMILES string of the molecule is CCCC(=O)Nc1cccc(CNC(=NC)NC2CCN(c3ccc(F)cc3F)C2)c1.I. The molecule has 3 N–H and O–H groups in total. The second kappa shape index (κ2) is 12.6. The van der Waals surface area contributed by atoms with Gasteiger partial charge in [0, 0.05) is 50.9 Å². The summed E-state index contributed by atoms with van der Waals surface area (Å²) >= 11 is 0. The second-order valence-corrected chi connectivity index (χ2v) is 7.60. The lowest BCUT2D eigenvalue weighted by Crippen LogP contribution is -2.44. The lowest BCUT2D eigenvalue weighted by Gasteiger charge is -2.21. The van der Waals surface area contributed by atoms with E-state index in [0.717, 1.165) is 30.2 Å². The van der Waals surface area contributed by atoms with Crippen molar-refractivity contribution in [1.29, 1.82) is 0 Å². The average Bonchev–Trinajstić information content (AvgIpc) is 3.19.